The van der Waals surface area contributed by atoms with Crippen molar-refractivity contribution in [1.29, 1.82) is 0 Å². The van der Waals surface area contributed by atoms with E-state index in [1.165, 1.54) is 12.7 Å². The van der Waals surface area contributed by atoms with Gasteiger partial charge in [-0.25, -0.2) is 4.79 Å². The van der Waals surface area contributed by atoms with Crippen LogP contribution in [0, 0.1) is 13.8 Å². The second-order valence-electron chi connectivity index (χ2n) is 6.62. The van der Waals surface area contributed by atoms with Crippen LogP contribution in [0.1, 0.15) is 64.4 Å². The minimum absolute atomic E-state index is 0.0938. The molecule has 5 heteroatoms. The number of aromatic nitrogens is 1. The molecular formula is C20H26N2O3. The molecule has 2 N–H and O–H groups in total. The third kappa shape index (κ3) is 3.92. The Balaban J connectivity index is 2.19. The van der Waals surface area contributed by atoms with Crippen LogP contribution >= 0.6 is 0 Å². The molecule has 0 unspecified atom stereocenters. The number of aryl methyl sites for hydroxylation is 1. The van der Waals surface area contributed by atoms with E-state index < -0.39 is 12.0 Å². The Morgan fingerprint density at radius 2 is 1.68 bits per heavy atom. The van der Waals surface area contributed by atoms with Crippen LogP contribution in [0.25, 0.3) is 0 Å². The fraction of sp³-hybridized carbons (Fsp3) is 0.400. The standard InChI is InChI=1S/C20H26N2O3/c1-11(2)15-7-9-16(10-8-15)21-14(5)19(23)18-12(3)17(13(4)22-18)20(24)25-6/h7-11,14,21-22H,1-6H3/t14-/m0/s1. The van der Waals surface area contributed by atoms with E-state index >= 15 is 0 Å². The summed E-state index contributed by atoms with van der Waals surface area (Å²) in [5.74, 6) is -0.0618. The number of carbonyl (C=O) groups excluding carboxylic acids is 2. The highest BCUT2D eigenvalue weighted by Gasteiger charge is 2.25. The number of rotatable bonds is 6. The molecule has 0 bridgehead atoms. The molecule has 0 saturated carbocycles. The number of benzene rings is 1. The molecule has 1 aromatic heterocycles. The summed E-state index contributed by atoms with van der Waals surface area (Å²) in [5, 5.41) is 3.22. The van der Waals surface area contributed by atoms with Crippen molar-refractivity contribution in [2.45, 2.75) is 46.6 Å². The van der Waals surface area contributed by atoms with Gasteiger partial charge in [0.2, 0.25) is 5.78 Å². The maximum atomic E-state index is 12.8. The molecule has 0 spiro atoms. The first kappa shape index (κ1) is 18.8. The Morgan fingerprint density at radius 1 is 1.08 bits per heavy atom. The molecule has 5 nitrogen and oxygen atoms in total. The number of nitrogens with one attached hydrogen (secondary N) is 2. The highest BCUT2D eigenvalue weighted by Crippen LogP contribution is 2.22. The van der Waals surface area contributed by atoms with Gasteiger partial charge in [-0.1, -0.05) is 26.0 Å². The van der Waals surface area contributed by atoms with Crippen LogP contribution in [0.15, 0.2) is 24.3 Å². The van der Waals surface area contributed by atoms with Crippen LogP contribution in [0.3, 0.4) is 0 Å². The van der Waals surface area contributed by atoms with Gasteiger partial charge in [0.15, 0.2) is 0 Å². The molecule has 0 fully saturated rings. The fourth-order valence-electron chi connectivity index (χ4n) is 2.90. The highest BCUT2D eigenvalue weighted by atomic mass is 16.5. The molecule has 2 rings (SSSR count). The van der Waals surface area contributed by atoms with Crippen LogP contribution in [0.2, 0.25) is 0 Å². The van der Waals surface area contributed by atoms with E-state index in [-0.39, 0.29) is 5.78 Å². The average molecular weight is 342 g/mol. The molecule has 0 amide bonds. The summed E-state index contributed by atoms with van der Waals surface area (Å²) in [5.41, 5.74) is 4.28. The van der Waals surface area contributed by atoms with E-state index in [1.807, 2.05) is 19.1 Å². The normalized spacial score (nSPS) is 12.1. The van der Waals surface area contributed by atoms with Gasteiger partial charge in [0.25, 0.3) is 0 Å². The number of ketones is 1. The number of H-pyrrole nitrogens is 1. The SMILES string of the molecule is COC(=O)c1c(C)[nH]c(C(=O)[C@H](C)Nc2ccc(C(C)C)cc2)c1C. The maximum Gasteiger partial charge on any atom is 0.339 e. The Bertz CT molecular complexity index is 773. The lowest BCUT2D eigenvalue weighted by Gasteiger charge is -2.15. The summed E-state index contributed by atoms with van der Waals surface area (Å²) in [6.07, 6.45) is 0. The summed E-state index contributed by atoms with van der Waals surface area (Å²) < 4.78 is 4.79. The maximum absolute atomic E-state index is 12.8. The van der Waals surface area contributed by atoms with Gasteiger partial charge in [-0.05, 0) is 49.9 Å². The van der Waals surface area contributed by atoms with Crippen LogP contribution in [0.5, 0.6) is 0 Å². The quantitative estimate of drug-likeness (QED) is 0.609. The van der Waals surface area contributed by atoms with Crippen molar-refractivity contribution in [3.8, 4) is 0 Å². The summed E-state index contributed by atoms with van der Waals surface area (Å²) in [4.78, 5) is 27.7. The Kier molecular flexibility index (Phi) is 5.67. The highest BCUT2D eigenvalue weighted by molar-refractivity contribution is 6.04. The van der Waals surface area contributed by atoms with Crippen LogP contribution < -0.4 is 5.32 Å². The minimum atomic E-state index is -0.435. The zero-order valence-electron chi connectivity index (χ0n) is 15.7. The lowest BCUT2D eigenvalue weighted by molar-refractivity contribution is 0.0599. The number of ether oxygens (including phenoxy) is 1. The first-order valence-electron chi connectivity index (χ1n) is 8.44. The zero-order chi connectivity index (χ0) is 18.7. The third-order valence-electron chi connectivity index (χ3n) is 4.43. The zero-order valence-corrected chi connectivity index (χ0v) is 15.7. The van der Waals surface area contributed by atoms with Crippen molar-refractivity contribution in [1.82, 2.24) is 4.98 Å². The topological polar surface area (TPSA) is 71.2 Å². The fourth-order valence-corrected chi connectivity index (χ4v) is 2.90. The van der Waals surface area contributed by atoms with Crippen molar-refractivity contribution in [2.24, 2.45) is 0 Å². The van der Waals surface area contributed by atoms with Gasteiger partial charge in [0.05, 0.1) is 24.4 Å². The molecule has 2 aromatic rings. The van der Waals surface area contributed by atoms with Crippen molar-refractivity contribution < 1.29 is 14.3 Å². The molecule has 1 heterocycles. The minimum Gasteiger partial charge on any atom is -0.465 e. The molecule has 0 radical (unpaired) electrons. The summed E-state index contributed by atoms with van der Waals surface area (Å²) in [6.45, 7) is 9.62. The number of hydrogen-bond acceptors (Lipinski definition) is 4. The number of carbonyl (C=O) groups is 2. The Labute approximate surface area is 148 Å². The summed E-state index contributed by atoms with van der Waals surface area (Å²) >= 11 is 0. The van der Waals surface area contributed by atoms with Gasteiger partial charge < -0.3 is 15.0 Å². The van der Waals surface area contributed by atoms with Crippen molar-refractivity contribution >= 4 is 17.4 Å². The van der Waals surface area contributed by atoms with Gasteiger partial charge in [-0.15, -0.1) is 0 Å². The predicted molar refractivity (Wildman–Crippen MR) is 99.6 cm³/mol. The van der Waals surface area contributed by atoms with E-state index in [0.717, 1.165) is 5.69 Å². The van der Waals surface area contributed by atoms with E-state index in [9.17, 15) is 9.59 Å². The molecule has 134 valence electrons. The van der Waals surface area contributed by atoms with Crippen LogP contribution in [-0.4, -0.2) is 29.9 Å². The monoisotopic (exact) mass is 342 g/mol. The molecule has 0 aliphatic heterocycles. The van der Waals surface area contributed by atoms with Gasteiger partial charge in [0.1, 0.15) is 0 Å². The van der Waals surface area contributed by atoms with Gasteiger partial charge >= 0.3 is 5.97 Å². The number of hydrogen-bond donors (Lipinski definition) is 2. The molecule has 0 aliphatic carbocycles. The van der Waals surface area contributed by atoms with Crippen molar-refractivity contribution in [2.75, 3.05) is 12.4 Å². The smallest absolute Gasteiger partial charge is 0.339 e. The molecule has 1 aromatic carbocycles. The summed E-state index contributed by atoms with van der Waals surface area (Å²) in [7, 11) is 1.33. The Hall–Kier alpha value is -2.56. The van der Waals surface area contributed by atoms with Gasteiger partial charge in [-0.2, -0.15) is 0 Å². The number of methoxy groups -OCH3 is 1. The van der Waals surface area contributed by atoms with E-state index in [1.54, 1.807) is 13.8 Å². The summed E-state index contributed by atoms with van der Waals surface area (Å²) in [6, 6.07) is 7.65. The lowest BCUT2D eigenvalue weighted by Crippen LogP contribution is -2.27. The average Bonchev–Trinajstić information content (AvgIpc) is 2.88. The van der Waals surface area contributed by atoms with Crippen molar-refractivity contribution in [3.63, 3.8) is 0 Å². The van der Waals surface area contributed by atoms with Crippen LogP contribution in [-0.2, 0) is 4.74 Å². The number of Topliss-reactive ketones (excluding diaryl/α,β-unsaturated/α-hetero) is 1. The predicted octanol–water partition coefficient (Wildman–Crippen LogP) is 4.22. The van der Waals surface area contributed by atoms with Gasteiger partial charge in [-0.3, -0.25) is 4.79 Å². The second kappa shape index (κ2) is 7.55. The van der Waals surface area contributed by atoms with E-state index in [0.29, 0.717) is 28.4 Å². The first-order valence-corrected chi connectivity index (χ1v) is 8.44. The Morgan fingerprint density at radius 3 is 2.20 bits per heavy atom. The van der Waals surface area contributed by atoms with Crippen molar-refractivity contribution in [3.05, 3.63) is 52.3 Å². The first-order chi connectivity index (χ1) is 11.8. The number of anilines is 1. The van der Waals surface area contributed by atoms with E-state index in [2.05, 4.69) is 36.3 Å². The molecular weight excluding hydrogens is 316 g/mol. The largest absolute Gasteiger partial charge is 0.465 e. The van der Waals surface area contributed by atoms with E-state index in [4.69, 9.17) is 4.74 Å². The molecule has 1 atom stereocenters. The van der Waals surface area contributed by atoms with Crippen LogP contribution in [0.4, 0.5) is 5.69 Å². The lowest BCUT2D eigenvalue weighted by atomic mass is 10.0. The number of esters is 1. The molecule has 0 saturated heterocycles. The third-order valence-corrected chi connectivity index (χ3v) is 4.43. The second-order valence-corrected chi connectivity index (χ2v) is 6.62. The molecule has 0 aliphatic rings. The molecule has 25 heavy (non-hydrogen) atoms. The number of aromatic amines is 1. The van der Waals surface area contributed by atoms with Gasteiger partial charge in [0, 0.05) is 11.4 Å².